The number of ether oxygens (including phenoxy) is 1. The third-order valence-electron chi connectivity index (χ3n) is 3.03. The zero-order valence-corrected chi connectivity index (χ0v) is 12.8. The van der Waals surface area contributed by atoms with Crippen molar-refractivity contribution in [1.82, 2.24) is 5.32 Å². The van der Waals surface area contributed by atoms with Gasteiger partial charge in [-0.05, 0) is 51.3 Å². The fourth-order valence-electron chi connectivity index (χ4n) is 2.03. The monoisotopic (exact) mass is 279 g/mol. The molecular weight excluding hydrogens is 254 g/mol. The molecule has 0 radical (unpaired) electrons. The topological polar surface area (TPSA) is 58.6 Å². The lowest BCUT2D eigenvalue weighted by Crippen LogP contribution is -2.35. The Hall–Kier alpha value is -1.55. The van der Waals surface area contributed by atoms with Gasteiger partial charge in [0.05, 0.1) is 19.1 Å². The summed E-state index contributed by atoms with van der Waals surface area (Å²) in [6, 6.07) is 5.99. The summed E-state index contributed by atoms with van der Waals surface area (Å²) in [5.74, 6) is 0.776. The molecule has 1 amide bonds. The van der Waals surface area contributed by atoms with E-state index in [2.05, 4.69) is 5.32 Å². The van der Waals surface area contributed by atoms with Crippen molar-refractivity contribution in [2.24, 2.45) is 0 Å². The van der Waals surface area contributed by atoms with E-state index in [1.807, 2.05) is 39.0 Å². The number of hydrogen-bond acceptors (Lipinski definition) is 3. The van der Waals surface area contributed by atoms with Gasteiger partial charge in [0.15, 0.2) is 0 Å². The summed E-state index contributed by atoms with van der Waals surface area (Å²) >= 11 is 0. The van der Waals surface area contributed by atoms with Crippen molar-refractivity contribution in [2.45, 2.75) is 52.7 Å². The number of amides is 1. The number of carbonyl (C=O) groups is 1. The second-order valence-electron chi connectivity index (χ2n) is 5.42. The van der Waals surface area contributed by atoms with Crippen molar-refractivity contribution in [1.29, 1.82) is 0 Å². The summed E-state index contributed by atoms with van der Waals surface area (Å²) in [5.41, 5.74) is 2.21. The van der Waals surface area contributed by atoms with E-state index in [0.29, 0.717) is 19.4 Å². The molecule has 0 aliphatic heterocycles. The van der Waals surface area contributed by atoms with Crippen LogP contribution in [0.25, 0.3) is 0 Å². The lowest BCUT2D eigenvalue weighted by Gasteiger charge is -2.15. The van der Waals surface area contributed by atoms with Crippen LogP contribution in [0.1, 0.15) is 37.8 Å². The molecule has 0 heterocycles. The second kappa shape index (κ2) is 7.90. The van der Waals surface area contributed by atoms with Gasteiger partial charge >= 0.3 is 0 Å². The van der Waals surface area contributed by atoms with Gasteiger partial charge in [-0.15, -0.1) is 0 Å². The van der Waals surface area contributed by atoms with E-state index in [0.717, 1.165) is 16.9 Å². The molecule has 20 heavy (non-hydrogen) atoms. The van der Waals surface area contributed by atoms with E-state index in [1.165, 1.54) is 0 Å². The van der Waals surface area contributed by atoms with E-state index < -0.39 is 6.10 Å². The van der Waals surface area contributed by atoms with E-state index in [-0.39, 0.29) is 11.9 Å². The van der Waals surface area contributed by atoms with Gasteiger partial charge in [0, 0.05) is 6.04 Å². The number of aliphatic hydroxyl groups is 1. The first kappa shape index (κ1) is 16.5. The Labute approximate surface area is 121 Å². The highest BCUT2D eigenvalue weighted by molar-refractivity contribution is 5.76. The van der Waals surface area contributed by atoms with E-state index in [4.69, 9.17) is 4.74 Å². The summed E-state index contributed by atoms with van der Waals surface area (Å²) in [7, 11) is 0. The largest absolute Gasteiger partial charge is 0.493 e. The Kier molecular flexibility index (Phi) is 6.52. The molecule has 0 spiro atoms. The van der Waals surface area contributed by atoms with E-state index in [1.54, 1.807) is 6.92 Å². The van der Waals surface area contributed by atoms with Gasteiger partial charge in [-0.1, -0.05) is 12.1 Å². The maximum absolute atomic E-state index is 11.7. The quantitative estimate of drug-likeness (QED) is 0.805. The average Bonchev–Trinajstić information content (AvgIpc) is 2.32. The maximum atomic E-state index is 11.7. The Bertz CT molecular complexity index is 443. The molecule has 2 N–H and O–H groups in total. The van der Waals surface area contributed by atoms with Crippen molar-refractivity contribution in [2.75, 3.05) is 6.61 Å². The first-order chi connectivity index (χ1) is 9.38. The molecule has 0 bridgehead atoms. The van der Waals surface area contributed by atoms with E-state index >= 15 is 0 Å². The number of aryl methyl sites for hydroxylation is 2. The number of hydrogen-bond donors (Lipinski definition) is 2. The molecule has 2 unspecified atom stereocenters. The van der Waals surface area contributed by atoms with E-state index in [9.17, 15) is 9.90 Å². The third-order valence-corrected chi connectivity index (χ3v) is 3.03. The molecule has 112 valence electrons. The zero-order valence-electron chi connectivity index (χ0n) is 12.8. The molecule has 1 rings (SSSR count). The number of rotatable bonds is 7. The van der Waals surface area contributed by atoms with Crippen molar-refractivity contribution in [3.8, 4) is 5.75 Å². The van der Waals surface area contributed by atoms with Gasteiger partial charge in [0.1, 0.15) is 5.75 Å². The molecule has 4 nitrogen and oxygen atoms in total. The first-order valence-corrected chi connectivity index (χ1v) is 7.06. The highest BCUT2D eigenvalue weighted by atomic mass is 16.5. The fourth-order valence-corrected chi connectivity index (χ4v) is 2.03. The Morgan fingerprint density at radius 2 is 2.05 bits per heavy atom. The minimum Gasteiger partial charge on any atom is -0.493 e. The van der Waals surface area contributed by atoms with Crippen LogP contribution in [-0.2, 0) is 4.79 Å². The normalized spacial score (nSPS) is 13.7. The predicted octanol–water partition coefficient (Wildman–Crippen LogP) is 2.35. The van der Waals surface area contributed by atoms with Gasteiger partial charge in [-0.3, -0.25) is 4.79 Å². The minimum absolute atomic E-state index is 0.0248. The van der Waals surface area contributed by atoms with Crippen molar-refractivity contribution >= 4 is 5.91 Å². The molecule has 0 fully saturated rings. The fraction of sp³-hybridized carbons (Fsp3) is 0.562. The van der Waals surface area contributed by atoms with Gasteiger partial charge in [-0.2, -0.15) is 0 Å². The van der Waals surface area contributed by atoms with Crippen molar-refractivity contribution < 1.29 is 14.6 Å². The Morgan fingerprint density at radius 3 is 2.70 bits per heavy atom. The van der Waals surface area contributed by atoms with Crippen LogP contribution in [0, 0.1) is 13.8 Å². The molecule has 4 heteroatoms. The highest BCUT2D eigenvalue weighted by Crippen LogP contribution is 2.19. The number of carbonyl (C=O) groups excluding carboxylic acids is 1. The van der Waals surface area contributed by atoms with Gasteiger partial charge < -0.3 is 15.2 Å². The van der Waals surface area contributed by atoms with Crippen molar-refractivity contribution in [3.05, 3.63) is 29.3 Å². The molecular formula is C16H25NO3. The average molecular weight is 279 g/mol. The molecule has 0 aliphatic rings. The molecule has 2 atom stereocenters. The molecule has 0 saturated carbocycles. The molecule has 1 aromatic carbocycles. The molecule has 0 aliphatic carbocycles. The Morgan fingerprint density at radius 1 is 1.35 bits per heavy atom. The zero-order chi connectivity index (χ0) is 15.1. The Balaban J connectivity index is 2.33. The second-order valence-corrected chi connectivity index (χ2v) is 5.42. The molecule has 1 aromatic rings. The first-order valence-electron chi connectivity index (χ1n) is 7.06. The lowest BCUT2D eigenvalue weighted by atomic mass is 10.1. The van der Waals surface area contributed by atoms with Crippen LogP contribution >= 0.6 is 0 Å². The summed E-state index contributed by atoms with van der Waals surface area (Å²) in [6.45, 7) is 7.95. The van der Waals surface area contributed by atoms with Crippen LogP contribution in [-0.4, -0.2) is 29.8 Å². The van der Waals surface area contributed by atoms with Crippen LogP contribution in [0.5, 0.6) is 5.75 Å². The standard InChI is InChI=1S/C16H25NO3/c1-11-5-6-12(2)15(9-11)20-8-7-16(19)17-13(3)10-14(4)18/h5-6,9,13-14,18H,7-8,10H2,1-4H3,(H,17,19). The van der Waals surface area contributed by atoms with Crippen LogP contribution in [0.15, 0.2) is 18.2 Å². The number of aliphatic hydroxyl groups excluding tert-OH is 1. The SMILES string of the molecule is Cc1ccc(C)c(OCCC(=O)NC(C)CC(C)O)c1. The van der Waals surface area contributed by atoms with Gasteiger partial charge in [0.2, 0.25) is 5.91 Å². The number of nitrogens with one attached hydrogen (secondary N) is 1. The summed E-state index contributed by atoms with van der Waals surface area (Å²) in [5, 5.41) is 12.1. The minimum atomic E-state index is -0.406. The smallest absolute Gasteiger partial charge is 0.223 e. The molecule has 0 aromatic heterocycles. The van der Waals surface area contributed by atoms with Crippen LogP contribution < -0.4 is 10.1 Å². The van der Waals surface area contributed by atoms with Gasteiger partial charge in [-0.25, -0.2) is 0 Å². The lowest BCUT2D eigenvalue weighted by molar-refractivity contribution is -0.122. The van der Waals surface area contributed by atoms with Crippen molar-refractivity contribution in [3.63, 3.8) is 0 Å². The van der Waals surface area contributed by atoms with Crippen LogP contribution in [0.4, 0.5) is 0 Å². The van der Waals surface area contributed by atoms with Gasteiger partial charge in [0.25, 0.3) is 0 Å². The predicted molar refractivity (Wildman–Crippen MR) is 79.9 cm³/mol. The summed E-state index contributed by atoms with van der Waals surface area (Å²) in [4.78, 5) is 11.7. The van der Waals surface area contributed by atoms with Crippen LogP contribution in [0.3, 0.4) is 0 Å². The summed E-state index contributed by atoms with van der Waals surface area (Å²) in [6.07, 6.45) is 0.470. The molecule has 0 saturated heterocycles. The highest BCUT2D eigenvalue weighted by Gasteiger charge is 2.10. The number of benzene rings is 1. The van der Waals surface area contributed by atoms with Crippen LogP contribution in [0.2, 0.25) is 0 Å². The third kappa shape index (κ3) is 6.06. The summed E-state index contributed by atoms with van der Waals surface area (Å²) < 4.78 is 5.64. The maximum Gasteiger partial charge on any atom is 0.223 e.